The van der Waals surface area contributed by atoms with Gasteiger partial charge in [0.1, 0.15) is 12.8 Å². The minimum absolute atomic E-state index is 0.0259. The molecule has 0 bridgehead atoms. The van der Waals surface area contributed by atoms with Crippen molar-refractivity contribution in [3.05, 3.63) is 48.2 Å². The number of hydrogen-bond donors (Lipinski definition) is 1. The largest absolute Gasteiger partial charge is 0.376 e. The van der Waals surface area contributed by atoms with Crippen molar-refractivity contribution in [1.29, 1.82) is 0 Å². The molecule has 0 spiro atoms. The second kappa shape index (κ2) is 9.32. The van der Waals surface area contributed by atoms with Crippen LogP contribution in [0, 0.1) is 0 Å². The van der Waals surface area contributed by atoms with E-state index in [2.05, 4.69) is 10.5 Å². The Morgan fingerprint density at radius 1 is 1.30 bits per heavy atom. The average Bonchev–Trinajstić information content (AvgIpc) is 3.37. The summed E-state index contributed by atoms with van der Waals surface area (Å²) < 4.78 is 10.4. The van der Waals surface area contributed by atoms with Gasteiger partial charge in [0.15, 0.2) is 5.82 Å². The number of ether oxygens (including phenoxy) is 1. The van der Waals surface area contributed by atoms with Crippen LogP contribution in [0.2, 0.25) is 0 Å². The van der Waals surface area contributed by atoms with Gasteiger partial charge in [-0.15, -0.1) is 0 Å². The Labute approximate surface area is 158 Å². The Hall–Kier alpha value is -2.67. The zero-order valence-electron chi connectivity index (χ0n) is 15.5. The molecule has 2 aromatic rings. The quantitative estimate of drug-likeness (QED) is 0.771. The van der Waals surface area contributed by atoms with Crippen LogP contribution in [0.3, 0.4) is 0 Å². The molecule has 0 radical (unpaired) electrons. The third kappa shape index (κ3) is 5.17. The Balaban J connectivity index is 1.73. The smallest absolute Gasteiger partial charge is 0.245 e. The minimum Gasteiger partial charge on any atom is -0.376 e. The van der Waals surface area contributed by atoms with Gasteiger partial charge in [0.25, 0.3) is 0 Å². The molecule has 27 heavy (non-hydrogen) atoms. The monoisotopic (exact) mass is 371 g/mol. The molecular weight excluding hydrogens is 346 g/mol. The van der Waals surface area contributed by atoms with Crippen LogP contribution < -0.4 is 5.32 Å². The van der Waals surface area contributed by atoms with Crippen LogP contribution in [0.25, 0.3) is 0 Å². The lowest BCUT2D eigenvalue weighted by Crippen LogP contribution is -2.44. The first-order chi connectivity index (χ1) is 13.2. The fraction of sp³-hybridized carbons (Fsp3) is 0.450. The highest BCUT2D eigenvalue weighted by molar-refractivity contribution is 5.94. The number of hydrogen-bond acceptors (Lipinski definition) is 5. The van der Waals surface area contributed by atoms with E-state index in [4.69, 9.17) is 9.26 Å². The van der Waals surface area contributed by atoms with E-state index >= 15 is 0 Å². The lowest BCUT2D eigenvalue weighted by molar-refractivity contribution is -0.137. The lowest BCUT2D eigenvalue weighted by atomic mass is 9.94. The van der Waals surface area contributed by atoms with E-state index in [1.165, 1.54) is 6.26 Å². The van der Waals surface area contributed by atoms with Gasteiger partial charge < -0.3 is 19.5 Å². The molecule has 1 aliphatic heterocycles. The molecule has 0 saturated carbocycles. The minimum atomic E-state index is -0.307. The molecule has 7 nitrogen and oxygen atoms in total. The molecule has 1 aromatic carbocycles. The van der Waals surface area contributed by atoms with Crippen LogP contribution in [0.15, 0.2) is 47.2 Å². The molecule has 1 N–H and O–H groups in total. The van der Waals surface area contributed by atoms with Gasteiger partial charge in [0.05, 0.1) is 12.0 Å². The van der Waals surface area contributed by atoms with Crippen molar-refractivity contribution in [2.75, 3.05) is 25.0 Å². The van der Waals surface area contributed by atoms with Crippen LogP contribution in [-0.4, -0.2) is 47.7 Å². The van der Waals surface area contributed by atoms with Crippen LogP contribution >= 0.6 is 0 Å². The lowest BCUT2D eigenvalue weighted by Gasteiger charge is -2.28. The number of rotatable bonds is 8. The maximum Gasteiger partial charge on any atom is 0.245 e. The summed E-state index contributed by atoms with van der Waals surface area (Å²) in [6.07, 6.45) is 3.90. The van der Waals surface area contributed by atoms with E-state index in [1.54, 1.807) is 11.0 Å². The summed E-state index contributed by atoms with van der Waals surface area (Å²) in [5.41, 5.74) is 0.958. The van der Waals surface area contributed by atoms with Crippen molar-refractivity contribution in [3.63, 3.8) is 0 Å². The second-order valence-corrected chi connectivity index (χ2v) is 6.66. The second-order valence-electron chi connectivity index (χ2n) is 6.66. The number of aromatic nitrogens is 1. The molecule has 0 aliphatic carbocycles. The van der Waals surface area contributed by atoms with Crippen molar-refractivity contribution < 1.29 is 18.8 Å². The molecule has 1 aromatic heterocycles. The van der Waals surface area contributed by atoms with Gasteiger partial charge >= 0.3 is 0 Å². The van der Waals surface area contributed by atoms with E-state index in [9.17, 15) is 9.59 Å². The predicted octanol–water partition coefficient (Wildman–Crippen LogP) is 2.81. The highest BCUT2D eigenvalue weighted by atomic mass is 16.5. The van der Waals surface area contributed by atoms with Crippen molar-refractivity contribution >= 4 is 17.6 Å². The first-order valence-electron chi connectivity index (χ1n) is 9.33. The molecule has 2 amide bonds. The van der Waals surface area contributed by atoms with E-state index < -0.39 is 0 Å². The molecule has 3 rings (SSSR count). The molecular formula is C20H25N3O4. The molecule has 7 heteroatoms. The van der Waals surface area contributed by atoms with E-state index in [-0.39, 0.29) is 30.4 Å². The highest BCUT2D eigenvalue weighted by Crippen LogP contribution is 2.23. The predicted molar refractivity (Wildman–Crippen MR) is 100 cm³/mol. The van der Waals surface area contributed by atoms with Gasteiger partial charge in [-0.2, -0.15) is 0 Å². The van der Waals surface area contributed by atoms with Gasteiger partial charge in [-0.25, -0.2) is 0 Å². The molecule has 1 saturated heterocycles. The van der Waals surface area contributed by atoms with Gasteiger partial charge in [0, 0.05) is 19.2 Å². The van der Waals surface area contributed by atoms with Crippen LogP contribution in [0.5, 0.6) is 0 Å². The molecule has 2 heterocycles. The topological polar surface area (TPSA) is 84.7 Å². The molecule has 2 unspecified atom stereocenters. The Morgan fingerprint density at radius 3 is 2.74 bits per heavy atom. The van der Waals surface area contributed by atoms with Gasteiger partial charge in [-0.05, 0) is 24.8 Å². The molecule has 2 atom stereocenters. The molecule has 1 fully saturated rings. The highest BCUT2D eigenvalue weighted by Gasteiger charge is 2.29. The summed E-state index contributed by atoms with van der Waals surface area (Å²) in [4.78, 5) is 27.3. The summed E-state index contributed by atoms with van der Waals surface area (Å²) in [6, 6.07) is 11.2. The summed E-state index contributed by atoms with van der Waals surface area (Å²) in [7, 11) is 0. The van der Waals surface area contributed by atoms with Gasteiger partial charge in [-0.1, -0.05) is 42.4 Å². The fourth-order valence-corrected chi connectivity index (χ4v) is 3.36. The Kier molecular flexibility index (Phi) is 6.59. The van der Waals surface area contributed by atoms with Crippen molar-refractivity contribution in [2.24, 2.45) is 0 Å². The number of anilines is 1. The van der Waals surface area contributed by atoms with E-state index in [1.807, 2.05) is 37.3 Å². The summed E-state index contributed by atoms with van der Waals surface area (Å²) >= 11 is 0. The normalized spacial score (nSPS) is 17.4. The zero-order chi connectivity index (χ0) is 19.1. The van der Waals surface area contributed by atoms with Crippen LogP contribution in [-0.2, 0) is 14.3 Å². The van der Waals surface area contributed by atoms with Gasteiger partial charge in [0.2, 0.25) is 11.8 Å². The first kappa shape index (κ1) is 19.1. The summed E-state index contributed by atoms with van der Waals surface area (Å²) in [5.74, 6) is -0.320. The maximum atomic E-state index is 13.3. The third-order valence-electron chi connectivity index (χ3n) is 4.71. The number of amides is 2. The number of carbonyl (C=O) groups is 2. The van der Waals surface area contributed by atoms with Crippen LogP contribution in [0.1, 0.15) is 37.7 Å². The molecule has 1 aliphatic rings. The van der Waals surface area contributed by atoms with Crippen molar-refractivity contribution in [1.82, 2.24) is 10.1 Å². The van der Waals surface area contributed by atoms with Crippen LogP contribution in [0.4, 0.5) is 5.82 Å². The third-order valence-corrected chi connectivity index (χ3v) is 4.71. The number of benzene rings is 1. The SMILES string of the molecule is CCC(C(=O)N(CC(=O)Nc1ccon1)CC1CCCO1)c1ccccc1. The summed E-state index contributed by atoms with van der Waals surface area (Å²) in [6.45, 7) is 3.05. The summed E-state index contributed by atoms with van der Waals surface area (Å²) in [5, 5.41) is 6.33. The van der Waals surface area contributed by atoms with E-state index in [0.29, 0.717) is 25.4 Å². The van der Waals surface area contributed by atoms with Crippen molar-refractivity contribution in [2.45, 2.75) is 38.2 Å². The Morgan fingerprint density at radius 2 is 2.11 bits per heavy atom. The average molecular weight is 371 g/mol. The molecule has 144 valence electrons. The maximum absolute atomic E-state index is 13.3. The number of nitrogens with one attached hydrogen (secondary N) is 1. The van der Waals surface area contributed by atoms with E-state index in [0.717, 1.165) is 18.4 Å². The van der Waals surface area contributed by atoms with Gasteiger partial charge in [-0.3, -0.25) is 9.59 Å². The fourth-order valence-electron chi connectivity index (χ4n) is 3.36. The zero-order valence-corrected chi connectivity index (χ0v) is 15.5. The number of nitrogens with zero attached hydrogens (tertiary/aromatic N) is 2. The Bertz CT molecular complexity index is 727. The first-order valence-corrected chi connectivity index (χ1v) is 9.33. The number of carbonyl (C=O) groups excluding carboxylic acids is 2. The standard InChI is InChI=1S/C20H25N3O4/c1-2-17(15-7-4-3-5-8-15)20(25)23(13-16-9-6-11-26-16)14-19(24)21-18-10-12-27-22-18/h3-5,7-8,10,12,16-17H,2,6,9,11,13-14H2,1H3,(H,21,22,24). The van der Waals surface area contributed by atoms with Crippen molar-refractivity contribution in [3.8, 4) is 0 Å².